The van der Waals surface area contributed by atoms with Crippen LogP contribution in [-0.2, 0) is 25.2 Å². The molecule has 3 rings (SSSR count). The first-order valence-corrected chi connectivity index (χ1v) is 9.26. The number of benzene rings is 2. The molecule has 0 amide bonds. The predicted molar refractivity (Wildman–Crippen MR) is 94.6 cm³/mol. The van der Waals surface area contributed by atoms with Crippen LogP contribution in [0.25, 0.3) is 0 Å². The lowest BCUT2D eigenvalue weighted by Crippen LogP contribution is -1.95. The molecule has 0 radical (unpaired) electrons. The molecule has 0 unspecified atom stereocenters. The summed E-state index contributed by atoms with van der Waals surface area (Å²) in [7, 11) is 0. The molecule has 1 aliphatic rings. The van der Waals surface area contributed by atoms with Gasteiger partial charge < -0.3 is 5.11 Å². The van der Waals surface area contributed by atoms with Crippen LogP contribution in [0.1, 0.15) is 41.5 Å². The van der Waals surface area contributed by atoms with Crippen LogP contribution in [0.5, 0.6) is 0 Å². The van der Waals surface area contributed by atoms with E-state index in [4.69, 9.17) is 16.7 Å². The number of aliphatic hydroxyl groups is 1. The fourth-order valence-corrected chi connectivity index (χ4v) is 4.45. The Morgan fingerprint density at radius 1 is 0.909 bits per heavy atom. The van der Waals surface area contributed by atoms with E-state index >= 15 is 0 Å². The van der Waals surface area contributed by atoms with Gasteiger partial charge in [0.05, 0.1) is 11.6 Å². The highest BCUT2D eigenvalue weighted by Crippen LogP contribution is 2.37. The van der Waals surface area contributed by atoms with Gasteiger partial charge in [0.15, 0.2) is 0 Å². The minimum atomic E-state index is 0.103. The zero-order chi connectivity index (χ0) is 15.4. The summed E-state index contributed by atoms with van der Waals surface area (Å²) in [5.74, 6) is 0.919. The first-order chi connectivity index (χ1) is 10.8. The van der Waals surface area contributed by atoms with Gasteiger partial charge in [0.25, 0.3) is 0 Å². The molecule has 0 spiro atoms. The molecule has 1 N–H and O–H groups in total. The van der Waals surface area contributed by atoms with Crippen molar-refractivity contribution < 1.29 is 5.11 Å². The lowest BCUT2D eigenvalue weighted by molar-refractivity contribution is 0.282. The molecular weight excluding hydrogens is 312 g/mol. The molecule has 0 aliphatic heterocycles. The van der Waals surface area contributed by atoms with E-state index in [2.05, 4.69) is 24.3 Å². The van der Waals surface area contributed by atoms with Gasteiger partial charge in [-0.25, -0.2) is 0 Å². The lowest BCUT2D eigenvalue weighted by Gasteiger charge is -2.14. The molecule has 2 aromatic rings. The Kier molecular flexibility index (Phi) is 5.46. The Morgan fingerprint density at radius 3 is 2.41 bits per heavy atom. The highest BCUT2D eigenvalue weighted by Gasteiger charge is 2.15. The van der Waals surface area contributed by atoms with Gasteiger partial charge in [0.1, 0.15) is 0 Å². The van der Waals surface area contributed by atoms with Crippen molar-refractivity contribution in [3.8, 4) is 0 Å². The topological polar surface area (TPSA) is 20.2 Å². The zero-order valence-corrected chi connectivity index (χ0v) is 14.2. The van der Waals surface area contributed by atoms with Gasteiger partial charge in [-0.05, 0) is 54.0 Å². The molecular formula is C19H21ClOS. The third kappa shape index (κ3) is 3.68. The smallest absolute Gasteiger partial charge is 0.0681 e. The van der Waals surface area contributed by atoms with Crippen LogP contribution >= 0.6 is 23.4 Å². The van der Waals surface area contributed by atoms with Crippen molar-refractivity contribution >= 4 is 23.4 Å². The van der Waals surface area contributed by atoms with Crippen molar-refractivity contribution in [1.29, 1.82) is 0 Å². The Bertz CT molecular complexity index is 637. The summed E-state index contributed by atoms with van der Waals surface area (Å²) in [5.41, 5.74) is 5.19. The second-order valence-electron chi connectivity index (χ2n) is 5.84. The molecule has 0 saturated heterocycles. The van der Waals surface area contributed by atoms with Crippen molar-refractivity contribution in [2.24, 2.45) is 0 Å². The summed E-state index contributed by atoms with van der Waals surface area (Å²) in [6, 6.07) is 12.4. The number of aliphatic hydroxyl groups excluding tert-OH is 1. The molecule has 0 fully saturated rings. The van der Waals surface area contributed by atoms with Crippen LogP contribution in [0.15, 0.2) is 41.3 Å². The van der Waals surface area contributed by atoms with E-state index in [1.807, 2.05) is 23.9 Å². The summed E-state index contributed by atoms with van der Waals surface area (Å²) in [6.07, 6.45) is 6.22. The van der Waals surface area contributed by atoms with Crippen LogP contribution in [0.3, 0.4) is 0 Å². The monoisotopic (exact) mass is 332 g/mol. The third-order valence-electron chi connectivity index (χ3n) is 4.27. The molecule has 1 aliphatic carbocycles. The van der Waals surface area contributed by atoms with E-state index in [1.54, 1.807) is 0 Å². The lowest BCUT2D eigenvalue weighted by atomic mass is 10.0. The van der Waals surface area contributed by atoms with Crippen LogP contribution in [0, 0.1) is 0 Å². The van der Waals surface area contributed by atoms with E-state index in [9.17, 15) is 0 Å². The molecule has 0 saturated carbocycles. The SMILES string of the molecule is OCc1ccc(CSc2c(Cl)ccc3c2CCCCC3)cc1. The van der Waals surface area contributed by atoms with Gasteiger partial charge in [0.2, 0.25) is 0 Å². The average molecular weight is 333 g/mol. The normalized spacial score (nSPS) is 14.5. The maximum atomic E-state index is 9.11. The molecule has 3 heteroatoms. The number of fused-ring (bicyclic) bond motifs is 1. The fourth-order valence-electron chi connectivity index (χ4n) is 2.99. The number of rotatable bonds is 4. The first kappa shape index (κ1) is 15.9. The minimum Gasteiger partial charge on any atom is -0.392 e. The van der Waals surface area contributed by atoms with Gasteiger partial charge >= 0.3 is 0 Å². The number of hydrogen-bond acceptors (Lipinski definition) is 2. The Labute approximate surface area is 141 Å². The summed E-state index contributed by atoms with van der Waals surface area (Å²) in [6.45, 7) is 0.103. The standard InChI is InChI=1S/C19H21ClOS/c20-18-11-10-16-4-2-1-3-5-17(16)19(18)22-13-15-8-6-14(12-21)7-9-15/h6-11,21H,1-5,12-13H2. The van der Waals surface area contributed by atoms with Crippen molar-refractivity contribution in [3.63, 3.8) is 0 Å². The maximum absolute atomic E-state index is 9.11. The number of aryl methyl sites for hydroxylation is 1. The summed E-state index contributed by atoms with van der Waals surface area (Å²) in [4.78, 5) is 1.27. The second kappa shape index (κ2) is 7.54. The van der Waals surface area contributed by atoms with Crippen molar-refractivity contribution in [1.82, 2.24) is 0 Å². The molecule has 0 bridgehead atoms. The molecule has 22 heavy (non-hydrogen) atoms. The molecule has 1 nitrogen and oxygen atoms in total. The van der Waals surface area contributed by atoms with Crippen molar-refractivity contribution in [2.45, 2.75) is 49.4 Å². The van der Waals surface area contributed by atoms with E-state index in [0.717, 1.165) is 22.8 Å². The molecule has 2 aromatic carbocycles. The summed E-state index contributed by atoms with van der Waals surface area (Å²) >= 11 is 8.32. The average Bonchev–Trinajstić information content (AvgIpc) is 2.80. The number of thioether (sulfide) groups is 1. The highest BCUT2D eigenvalue weighted by atomic mass is 35.5. The van der Waals surface area contributed by atoms with E-state index in [-0.39, 0.29) is 6.61 Å². The first-order valence-electron chi connectivity index (χ1n) is 7.89. The maximum Gasteiger partial charge on any atom is 0.0681 e. The zero-order valence-electron chi connectivity index (χ0n) is 12.6. The fraction of sp³-hybridized carbons (Fsp3) is 0.368. The van der Waals surface area contributed by atoms with Gasteiger partial charge in [-0.2, -0.15) is 0 Å². The Morgan fingerprint density at radius 2 is 1.64 bits per heavy atom. The van der Waals surface area contributed by atoms with E-state index in [1.165, 1.54) is 47.3 Å². The molecule has 0 heterocycles. The van der Waals surface area contributed by atoms with Gasteiger partial charge in [0, 0.05) is 10.6 Å². The second-order valence-corrected chi connectivity index (χ2v) is 7.23. The predicted octanol–water partition coefficient (Wildman–Crippen LogP) is 5.39. The summed E-state index contributed by atoms with van der Waals surface area (Å²) in [5, 5.41) is 10.00. The van der Waals surface area contributed by atoms with Crippen LogP contribution in [0.2, 0.25) is 5.02 Å². The molecule has 116 valence electrons. The Balaban J connectivity index is 1.79. The quantitative estimate of drug-likeness (QED) is 0.598. The van der Waals surface area contributed by atoms with Crippen molar-refractivity contribution in [3.05, 3.63) is 63.7 Å². The van der Waals surface area contributed by atoms with Gasteiger partial charge in [-0.3, -0.25) is 0 Å². The van der Waals surface area contributed by atoms with E-state index < -0.39 is 0 Å². The van der Waals surface area contributed by atoms with Gasteiger partial charge in [-0.15, -0.1) is 11.8 Å². The summed E-state index contributed by atoms with van der Waals surface area (Å²) < 4.78 is 0. The molecule has 0 atom stereocenters. The van der Waals surface area contributed by atoms with Crippen LogP contribution in [-0.4, -0.2) is 5.11 Å². The van der Waals surface area contributed by atoms with Crippen molar-refractivity contribution in [2.75, 3.05) is 0 Å². The van der Waals surface area contributed by atoms with Gasteiger partial charge in [-0.1, -0.05) is 48.4 Å². The highest BCUT2D eigenvalue weighted by molar-refractivity contribution is 7.98. The number of hydrogen-bond donors (Lipinski definition) is 1. The molecule has 0 aromatic heterocycles. The minimum absolute atomic E-state index is 0.103. The number of halogens is 1. The van der Waals surface area contributed by atoms with Crippen LogP contribution in [0.4, 0.5) is 0 Å². The largest absolute Gasteiger partial charge is 0.392 e. The third-order valence-corrected chi connectivity index (χ3v) is 5.93. The Hall–Kier alpha value is -0.960. The van der Waals surface area contributed by atoms with E-state index in [0.29, 0.717) is 0 Å². The van der Waals surface area contributed by atoms with Crippen LogP contribution < -0.4 is 0 Å².